The number of nitrogens with one attached hydrogen (secondary N) is 2. The number of halogens is 1. The number of hydrogen-bond acceptors (Lipinski definition) is 5. The minimum atomic E-state index is -0.751. The summed E-state index contributed by atoms with van der Waals surface area (Å²) in [5, 5.41) is 1.28. The molecule has 1 aromatic heterocycles. The van der Waals surface area contributed by atoms with Crippen LogP contribution in [0.5, 0.6) is 5.75 Å². The SMILES string of the molecule is CCCCC(=O)C(=O)NOCCc1c(C)[nH]c2ccc(OC)c(C(=O)c3ccc(Cl)cc3)c12. The Morgan fingerprint density at radius 1 is 1.09 bits per heavy atom. The summed E-state index contributed by atoms with van der Waals surface area (Å²) in [6.45, 7) is 3.99. The van der Waals surface area contributed by atoms with Gasteiger partial charge in [-0.05, 0) is 55.3 Å². The number of hydrogen-bond donors (Lipinski definition) is 2. The first-order valence-electron chi connectivity index (χ1n) is 10.8. The van der Waals surface area contributed by atoms with Gasteiger partial charge in [0.05, 0.1) is 19.3 Å². The van der Waals surface area contributed by atoms with Crippen LogP contribution in [0.25, 0.3) is 10.9 Å². The molecule has 0 atom stereocenters. The first kappa shape index (κ1) is 24.5. The molecular formula is C25H27ClN2O5. The molecule has 3 aromatic rings. The van der Waals surface area contributed by atoms with E-state index in [0.717, 1.165) is 28.6 Å². The van der Waals surface area contributed by atoms with Gasteiger partial charge in [0, 0.05) is 40.0 Å². The van der Waals surface area contributed by atoms with Crippen molar-refractivity contribution in [2.75, 3.05) is 13.7 Å². The van der Waals surface area contributed by atoms with Crippen molar-refractivity contribution in [3.63, 3.8) is 0 Å². The third-order valence-corrected chi connectivity index (χ3v) is 5.68. The molecule has 7 nitrogen and oxygen atoms in total. The summed E-state index contributed by atoms with van der Waals surface area (Å²) in [5.74, 6) is -0.983. The molecule has 1 amide bonds. The van der Waals surface area contributed by atoms with Gasteiger partial charge in [0.15, 0.2) is 5.78 Å². The van der Waals surface area contributed by atoms with Gasteiger partial charge in [-0.25, -0.2) is 5.48 Å². The van der Waals surface area contributed by atoms with E-state index in [1.807, 2.05) is 19.9 Å². The Bertz CT molecular complexity index is 1170. The van der Waals surface area contributed by atoms with Crippen molar-refractivity contribution < 1.29 is 24.0 Å². The minimum absolute atomic E-state index is 0.131. The monoisotopic (exact) mass is 470 g/mol. The summed E-state index contributed by atoms with van der Waals surface area (Å²) in [7, 11) is 1.52. The van der Waals surface area contributed by atoms with Crippen LogP contribution in [0.15, 0.2) is 36.4 Å². The highest BCUT2D eigenvalue weighted by atomic mass is 35.5. The average Bonchev–Trinajstić information content (AvgIpc) is 3.14. The number of aromatic amines is 1. The number of aryl methyl sites for hydroxylation is 1. The maximum absolute atomic E-state index is 13.4. The average molecular weight is 471 g/mol. The Kier molecular flexibility index (Phi) is 8.25. The zero-order chi connectivity index (χ0) is 24.0. The molecule has 8 heteroatoms. The van der Waals surface area contributed by atoms with E-state index < -0.39 is 11.7 Å². The number of aromatic nitrogens is 1. The van der Waals surface area contributed by atoms with Gasteiger partial charge >= 0.3 is 5.91 Å². The van der Waals surface area contributed by atoms with E-state index in [-0.39, 0.29) is 18.8 Å². The number of rotatable bonds is 11. The van der Waals surface area contributed by atoms with Gasteiger partial charge in [0.2, 0.25) is 5.78 Å². The number of amides is 1. The molecule has 0 bridgehead atoms. The van der Waals surface area contributed by atoms with Crippen LogP contribution in [0.2, 0.25) is 5.02 Å². The highest BCUT2D eigenvalue weighted by Crippen LogP contribution is 2.34. The van der Waals surface area contributed by atoms with Crippen LogP contribution >= 0.6 is 11.6 Å². The van der Waals surface area contributed by atoms with Gasteiger partial charge in [-0.2, -0.15) is 0 Å². The second-order valence-corrected chi connectivity index (χ2v) is 8.12. The fraction of sp³-hybridized carbons (Fsp3) is 0.320. The summed E-state index contributed by atoms with van der Waals surface area (Å²) in [4.78, 5) is 45.6. The highest BCUT2D eigenvalue weighted by molar-refractivity contribution is 6.35. The molecule has 0 aliphatic carbocycles. The molecule has 0 aliphatic rings. The van der Waals surface area contributed by atoms with Gasteiger partial charge in [-0.3, -0.25) is 19.2 Å². The molecule has 0 saturated heterocycles. The van der Waals surface area contributed by atoms with Crippen molar-refractivity contribution in [1.82, 2.24) is 10.5 Å². The number of carbonyl (C=O) groups is 3. The molecule has 2 N–H and O–H groups in total. The number of fused-ring (bicyclic) bond motifs is 1. The third-order valence-electron chi connectivity index (χ3n) is 5.43. The van der Waals surface area contributed by atoms with Crippen molar-refractivity contribution >= 4 is 40.0 Å². The van der Waals surface area contributed by atoms with Crippen molar-refractivity contribution in [2.45, 2.75) is 39.5 Å². The molecule has 0 saturated carbocycles. The Labute approximate surface area is 197 Å². The molecule has 0 radical (unpaired) electrons. The summed E-state index contributed by atoms with van der Waals surface area (Å²) >= 11 is 5.98. The van der Waals surface area contributed by atoms with E-state index in [1.165, 1.54) is 7.11 Å². The Morgan fingerprint density at radius 2 is 1.82 bits per heavy atom. The van der Waals surface area contributed by atoms with Crippen LogP contribution < -0.4 is 10.2 Å². The molecule has 0 fully saturated rings. The van der Waals surface area contributed by atoms with E-state index in [0.29, 0.717) is 34.7 Å². The summed E-state index contributed by atoms with van der Waals surface area (Å²) in [5.41, 5.74) is 5.67. The standard InChI is InChI=1S/C25H27ClN2O5/c1-4-5-6-20(29)25(31)28-33-14-13-18-15(2)27-19-11-12-21(32-3)23(22(18)19)24(30)16-7-9-17(26)10-8-16/h7-12,27H,4-6,13-14H2,1-3H3,(H,28,31). The quantitative estimate of drug-likeness (QED) is 0.183. The topological polar surface area (TPSA) is 97.5 Å². The number of methoxy groups -OCH3 is 1. The zero-order valence-electron chi connectivity index (χ0n) is 18.9. The van der Waals surface area contributed by atoms with Crippen LogP contribution in [0, 0.1) is 6.92 Å². The summed E-state index contributed by atoms with van der Waals surface area (Å²) < 4.78 is 5.51. The third kappa shape index (κ3) is 5.61. The van der Waals surface area contributed by atoms with Gasteiger partial charge in [0.25, 0.3) is 0 Å². The number of carbonyl (C=O) groups excluding carboxylic acids is 3. The lowest BCUT2D eigenvalue weighted by Gasteiger charge is -2.12. The molecule has 1 heterocycles. The van der Waals surface area contributed by atoms with Crippen molar-refractivity contribution in [1.29, 1.82) is 0 Å². The predicted octanol–water partition coefficient (Wildman–Crippen LogP) is 4.72. The summed E-state index contributed by atoms with van der Waals surface area (Å²) in [6, 6.07) is 10.3. The van der Waals surface area contributed by atoms with E-state index >= 15 is 0 Å². The molecular weight excluding hydrogens is 444 g/mol. The first-order chi connectivity index (χ1) is 15.9. The fourth-order valence-electron chi connectivity index (χ4n) is 3.70. The van der Waals surface area contributed by atoms with E-state index in [1.54, 1.807) is 30.3 Å². The normalized spacial score (nSPS) is 10.9. The Hall–Kier alpha value is -3.16. The van der Waals surface area contributed by atoms with E-state index in [4.69, 9.17) is 21.2 Å². The highest BCUT2D eigenvalue weighted by Gasteiger charge is 2.23. The molecule has 0 unspecified atom stereocenters. The van der Waals surface area contributed by atoms with Crippen LogP contribution in [-0.4, -0.2) is 36.2 Å². The molecule has 2 aromatic carbocycles. The van der Waals surface area contributed by atoms with Crippen molar-refractivity contribution in [2.24, 2.45) is 0 Å². The Balaban J connectivity index is 1.85. The maximum Gasteiger partial charge on any atom is 0.310 e. The van der Waals surface area contributed by atoms with Gasteiger partial charge in [0.1, 0.15) is 5.75 Å². The lowest BCUT2D eigenvalue weighted by molar-refractivity contribution is -0.145. The van der Waals surface area contributed by atoms with Crippen molar-refractivity contribution in [3.8, 4) is 5.75 Å². The zero-order valence-corrected chi connectivity index (χ0v) is 19.7. The largest absolute Gasteiger partial charge is 0.496 e. The molecule has 3 rings (SSSR count). The van der Waals surface area contributed by atoms with E-state index in [2.05, 4.69) is 10.5 Å². The van der Waals surface area contributed by atoms with Crippen molar-refractivity contribution in [3.05, 3.63) is 63.8 Å². The molecule has 0 spiro atoms. The number of ketones is 2. The molecule has 33 heavy (non-hydrogen) atoms. The first-order valence-corrected chi connectivity index (χ1v) is 11.2. The van der Waals surface area contributed by atoms with Gasteiger partial charge in [-0.15, -0.1) is 0 Å². The second kappa shape index (κ2) is 11.1. The predicted molar refractivity (Wildman–Crippen MR) is 127 cm³/mol. The lowest BCUT2D eigenvalue weighted by atomic mass is 9.95. The second-order valence-electron chi connectivity index (χ2n) is 7.69. The van der Waals surface area contributed by atoms with Crippen LogP contribution in [0.3, 0.4) is 0 Å². The van der Waals surface area contributed by atoms with Gasteiger partial charge < -0.3 is 9.72 Å². The Morgan fingerprint density at radius 3 is 2.48 bits per heavy atom. The molecule has 0 aliphatic heterocycles. The lowest BCUT2D eigenvalue weighted by Crippen LogP contribution is -2.31. The van der Waals surface area contributed by atoms with Crippen LogP contribution in [0.1, 0.15) is 53.4 Å². The van der Waals surface area contributed by atoms with Crippen LogP contribution in [0.4, 0.5) is 0 Å². The fourth-order valence-corrected chi connectivity index (χ4v) is 3.82. The maximum atomic E-state index is 13.4. The number of ether oxygens (including phenoxy) is 1. The number of unbranched alkanes of at least 4 members (excludes halogenated alkanes) is 1. The number of benzene rings is 2. The number of hydroxylamine groups is 1. The smallest absolute Gasteiger partial charge is 0.310 e. The number of H-pyrrole nitrogens is 1. The number of Topliss-reactive ketones (excluding diaryl/α,β-unsaturated/α-hetero) is 1. The van der Waals surface area contributed by atoms with Crippen LogP contribution in [-0.2, 0) is 20.8 Å². The minimum Gasteiger partial charge on any atom is -0.496 e. The van der Waals surface area contributed by atoms with Gasteiger partial charge in [-0.1, -0.05) is 24.9 Å². The summed E-state index contributed by atoms with van der Waals surface area (Å²) in [6.07, 6.45) is 2.10. The van der Waals surface area contributed by atoms with E-state index in [9.17, 15) is 14.4 Å². The molecule has 174 valence electrons.